The molecule has 0 spiro atoms. The Kier molecular flexibility index (Phi) is 2.09. The maximum absolute atomic E-state index is 11.3. The van der Waals surface area contributed by atoms with Crippen LogP contribution in [0.1, 0.15) is 27.7 Å². The Morgan fingerprint density at radius 1 is 1.62 bits per heavy atom. The van der Waals surface area contributed by atoms with Crippen molar-refractivity contribution in [1.82, 2.24) is 5.32 Å². The molecule has 0 bridgehead atoms. The summed E-state index contributed by atoms with van der Waals surface area (Å²) >= 11 is 1.54. The molecule has 1 aliphatic heterocycles. The topological polar surface area (TPSA) is 55.1 Å². The molecule has 3 N–H and O–H groups in total. The van der Waals surface area contributed by atoms with E-state index in [9.17, 15) is 4.79 Å². The molecule has 0 amide bonds. The minimum atomic E-state index is 0.0944. The van der Waals surface area contributed by atoms with Crippen molar-refractivity contribution in [3.8, 4) is 0 Å². The second-order valence-electron chi connectivity index (χ2n) is 3.23. The second kappa shape index (κ2) is 3.12. The first-order valence-corrected chi connectivity index (χ1v) is 5.13. The Morgan fingerprint density at radius 3 is 3.08 bits per heavy atom. The molecule has 1 aromatic heterocycles. The van der Waals surface area contributed by atoms with Crippen molar-refractivity contribution < 1.29 is 4.79 Å². The van der Waals surface area contributed by atoms with Gasteiger partial charge < -0.3 is 11.1 Å². The van der Waals surface area contributed by atoms with E-state index in [2.05, 4.69) is 5.32 Å². The van der Waals surface area contributed by atoms with Crippen LogP contribution in [0.25, 0.3) is 0 Å². The number of hydrogen-bond donors (Lipinski definition) is 2. The number of nitrogens with two attached hydrogens (primary N) is 1. The fraction of sp³-hybridized carbons (Fsp3) is 0.444. The van der Waals surface area contributed by atoms with Crippen molar-refractivity contribution in [3.05, 3.63) is 16.0 Å². The highest BCUT2D eigenvalue weighted by molar-refractivity contribution is 7.16. The molecular formula is C9H12N2OS. The van der Waals surface area contributed by atoms with E-state index in [1.165, 1.54) is 21.8 Å². The molecule has 4 heteroatoms. The van der Waals surface area contributed by atoms with Gasteiger partial charge in [-0.1, -0.05) is 0 Å². The van der Waals surface area contributed by atoms with Crippen molar-refractivity contribution in [2.24, 2.45) is 0 Å². The van der Waals surface area contributed by atoms with Gasteiger partial charge in [0.2, 0.25) is 0 Å². The van der Waals surface area contributed by atoms with E-state index in [0.717, 1.165) is 25.1 Å². The molecule has 0 saturated carbocycles. The molecule has 0 unspecified atom stereocenters. The zero-order valence-electron chi connectivity index (χ0n) is 7.52. The number of carbonyl (C=O) groups is 1. The van der Waals surface area contributed by atoms with Crippen LogP contribution in [0.4, 0.5) is 5.00 Å². The number of rotatable bonds is 1. The third-order valence-electron chi connectivity index (χ3n) is 2.31. The van der Waals surface area contributed by atoms with Gasteiger partial charge in [0, 0.05) is 11.4 Å². The SMILES string of the molecule is CC(=O)c1c(N)sc2c1CCNC2. The molecule has 2 rings (SSSR count). The van der Waals surface area contributed by atoms with E-state index in [-0.39, 0.29) is 5.78 Å². The minimum absolute atomic E-state index is 0.0944. The van der Waals surface area contributed by atoms with Gasteiger partial charge in [0.15, 0.2) is 5.78 Å². The monoisotopic (exact) mass is 196 g/mol. The lowest BCUT2D eigenvalue weighted by Gasteiger charge is -2.12. The Labute approximate surface area is 80.9 Å². The number of Topliss-reactive ketones (excluding diaryl/α,β-unsaturated/α-hetero) is 1. The summed E-state index contributed by atoms with van der Waals surface area (Å²) in [6.07, 6.45) is 0.929. The van der Waals surface area contributed by atoms with Crippen LogP contribution in [-0.4, -0.2) is 12.3 Å². The number of anilines is 1. The molecule has 0 radical (unpaired) electrons. The van der Waals surface area contributed by atoms with Crippen molar-refractivity contribution in [1.29, 1.82) is 0 Å². The largest absolute Gasteiger partial charge is 0.390 e. The summed E-state index contributed by atoms with van der Waals surface area (Å²) in [6, 6.07) is 0. The normalized spacial score (nSPS) is 15.5. The Balaban J connectivity index is 2.54. The fourth-order valence-electron chi connectivity index (χ4n) is 1.74. The van der Waals surface area contributed by atoms with Gasteiger partial charge in [-0.05, 0) is 25.5 Å². The maximum Gasteiger partial charge on any atom is 0.163 e. The first-order chi connectivity index (χ1) is 6.20. The van der Waals surface area contributed by atoms with Crippen molar-refractivity contribution in [2.45, 2.75) is 19.9 Å². The first-order valence-electron chi connectivity index (χ1n) is 4.32. The van der Waals surface area contributed by atoms with Crippen LogP contribution in [0, 0.1) is 0 Å². The molecule has 0 atom stereocenters. The van der Waals surface area contributed by atoms with Gasteiger partial charge >= 0.3 is 0 Å². The lowest BCUT2D eigenvalue weighted by atomic mass is 10.0. The zero-order chi connectivity index (χ0) is 9.42. The van der Waals surface area contributed by atoms with Crippen molar-refractivity contribution in [2.75, 3.05) is 12.3 Å². The third kappa shape index (κ3) is 1.36. The number of ketones is 1. The molecular weight excluding hydrogens is 184 g/mol. The van der Waals surface area contributed by atoms with Gasteiger partial charge in [-0.2, -0.15) is 0 Å². The summed E-state index contributed by atoms with van der Waals surface area (Å²) in [4.78, 5) is 12.5. The molecule has 3 nitrogen and oxygen atoms in total. The lowest BCUT2D eigenvalue weighted by molar-refractivity contribution is 0.101. The minimum Gasteiger partial charge on any atom is -0.390 e. The Bertz CT molecular complexity index is 357. The number of thiophene rings is 1. The summed E-state index contributed by atoms with van der Waals surface area (Å²) in [5.41, 5.74) is 7.73. The van der Waals surface area contributed by atoms with Gasteiger partial charge in [-0.3, -0.25) is 4.79 Å². The smallest absolute Gasteiger partial charge is 0.163 e. The zero-order valence-corrected chi connectivity index (χ0v) is 8.33. The number of nitrogen functional groups attached to an aromatic ring is 1. The molecule has 0 aromatic carbocycles. The maximum atomic E-state index is 11.3. The van der Waals surface area contributed by atoms with E-state index in [1.807, 2.05) is 0 Å². The molecule has 2 heterocycles. The van der Waals surface area contributed by atoms with Gasteiger partial charge in [-0.25, -0.2) is 0 Å². The van der Waals surface area contributed by atoms with Crippen molar-refractivity contribution in [3.63, 3.8) is 0 Å². The van der Waals surface area contributed by atoms with Crippen LogP contribution >= 0.6 is 11.3 Å². The van der Waals surface area contributed by atoms with Crippen LogP contribution in [0.2, 0.25) is 0 Å². The number of nitrogens with one attached hydrogen (secondary N) is 1. The standard InChI is InChI=1S/C9H12N2OS/c1-5(12)8-6-2-3-11-4-7(6)13-9(8)10/h11H,2-4,10H2,1H3. The molecule has 0 fully saturated rings. The lowest BCUT2D eigenvalue weighted by Crippen LogP contribution is -2.23. The van der Waals surface area contributed by atoms with Gasteiger partial charge in [-0.15, -0.1) is 11.3 Å². The molecule has 13 heavy (non-hydrogen) atoms. The van der Waals surface area contributed by atoms with Crippen LogP contribution < -0.4 is 11.1 Å². The molecule has 0 saturated heterocycles. The van der Waals surface area contributed by atoms with E-state index in [4.69, 9.17) is 5.73 Å². The molecule has 1 aromatic rings. The Morgan fingerprint density at radius 2 is 2.38 bits per heavy atom. The van der Waals surface area contributed by atoms with E-state index < -0.39 is 0 Å². The molecule has 0 aliphatic carbocycles. The van der Waals surface area contributed by atoms with Crippen LogP contribution in [0.5, 0.6) is 0 Å². The molecule has 70 valence electrons. The van der Waals surface area contributed by atoms with Crippen LogP contribution in [0.3, 0.4) is 0 Å². The summed E-state index contributed by atoms with van der Waals surface area (Å²) in [5.74, 6) is 0.0944. The predicted octanol–water partition coefficient (Wildman–Crippen LogP) is 1.18. The van der Waals surface area contributed by atoms with Crippen molar-refractivity contribution >= 4 is 22.1 Å². The second-order valence-corrected chi connectivity index (χ2v) is 4.36. The quantitative estimate of drug-likeness (QED) is 0.663. The molecule has 1 aliphatic rings. The third-order valence-corrected chi connectivity index (χ3v) is 3.37. The van der Waals surface area contributed by atoms with Gasteiger partial charge in [0.1, 0.15) is 0 Å². The highest BCUT2D eigenvalue weighted by Crippen LogP contribution is 2.33. The van der Waals surface area contributed by atoms with Crippen LogP contribution in [-0.2, 0) is 13.0 Å². The highest BCUT2D eigenvalue weighted by Gasteiger charge is 2.21. The first kappa shape index (κ1) is 8.72. The average Bonchev–Trinajstić information content (AvgIpc) is 2.39. The van der Waals surface area contributed by atoms with Gasteiger partial charge in [0.05, 0.1) is 10.6 Å². The summed E-state index contributed by atoms with van der Waals surface area (Å²) in [5, 5.41) is 3.95. The van der Waals surface area contributed by atoms with Gasteiger partial charge in [0.25, 0.3) is 0 Å². The fourth-order valence-corrected chi connectivity index (χ4v) is 2.88. The average molecular weight is 196 g/mol. The summed E-state index contributed by atoms with van der Waals surface area (Å²) in [7, 11) is 0. The number of fused-ring (bicyclic) bond motifs is 1. The number of hydrogen-bond acceptors (Lipinski definition) is 4. The highest BCUT2D eigenvalue weighted by atomic mass is 32.1. The predicted molar refractivity (Wildman–Crippen MR) is 54.1 cm³/mol. The summed E-state index contributed by atoms with van der Waals surface area (Å²) < 4.78 is 0. The van der Waals surface area contributed by atoms with E-state index >= 15 is 0 Å². The Hall–Kier alpha value is -0.870. The van der Waals surface area contributed by atoms with E-state index in [1.54, 1.807) is 6.92 Å². The van der Waals surface area contributed by atoms with Crippen LogP contribution in [0.15, 0.2) is 0 Å². The van der Waals surface area contributed by atoms with E-state index in [0.29, 0.717) is 5.00 Å². The number of carbonyl (C=O) groups excluding carboxylic acids is 1. The summed E-state index contributed by atoms with van der Waals surface area (Å²) in [6.45, 7) is 3.39.